The molecule has 0 aliphatic rings. The van der Waals surface area contributed by atoms with Gasteiger partial charge in [-0.25, -0.2) is 0 Å². The first-order valence-electron chi connectivity index (χ1n) is 27.4. The highest BCUT2D eigenvalue weighted by Gasteiger charge is 2.19. The van der Waals surface area contributed by atoms with E-state index < -0.39 is 6.10 Å². The van der Waals surface area contributed by atoms with Crippen LogP contribution in [0.15, 0.2) is 109 Å². The monoisotopic (exact) mass is 929 g/mol. The van der Waals surface area contributed by atoms with Crippen LogP contribution in [0.25, 0.3) is 0 Å². The van der Waals surface area contributed by atoms with Gasteiger partial charge < -0.3 is 14.2 Å². The second-order valence-electron chi connectivity index (χ2n) is 17.7. The van der Waals surface area contributed by atoms with Crippen LogP contribution in [0.5, 0.6) is 0 Å². The molecule has 0 bridgehead atoms. The summed E-state index contributed by atoms with van der Waals surface area (Å²) in [6.45, 7) is 6.40. The van der Waals surface area contributed by atoms with Gasteiger partial charge in [0.2, 0.25) is 0 Å². The van der Waals surface area contributed by atoms with Gasteiger partial charge in [-0.3, -0.25) is 14.4 Å². The Balaban J connectivity index is 4.54. The molecule has 0 aliphatic heterocycles. The van der Waals surface area contributed by atoms with Crippen molar-refractivity contribution < 1.29 is 28.6 Å². The lowest BCUT2D eigenvalue weighted by Crippen LogP contribution is -2.30. The average Bonchev–Trinajstić information content (AvgIpc) is 3.33. The molecule has 0 radical (unpaired) electrons. The molecule has 6 heteroatoms. The van der Waals surface area contributed by atoms with Crippen LogP contribution in [0.3, 0.4) is 0 Å². The Hall–Kier alpha value is -3.93. The van der Waals surface area contributed by atoms with E-state index in [1.54, 1.807) is 0 Å². The van der Waals surface area contributed by atoms with Gasteiger partial charge in [0, 0.05) is 19.3 Å². The first-order chi connectivity index (χ1) is 33.0. The summed E-state index contributed by atoms with van der Waals surface area (Å²) in [7, 11) is 0. The number of carbonyl (C=O) groups is 3. The third kappa shape index (κ3) is 52.9. The topological polar surface area (TPSA) is 78.9 Å². The lowest BCUT2D eigenvalue weighted by Gasteiger charge is -2.18. The first-order valence-corrected chi connectivity index (χ1v) is 27.4. The molecule has 380 valence electrons. The van der Waals surface area contributed by atoms with E-state index in [9.17, 15) is 14.4 Å². The second-order valence-corrected chi connectivity index (χ2v) is 17.7. The van der Waals surface area contributed by atoms with Crippen molar-refractivity contribution in [3.63, 3.8) is 0 Å². The highest BCUT2D eigenvalue weighted by atomic mass is 16.6. The highest BCUT2D eigenvalue weighted by molar-refractivity contribution is 5.71. The summed E-state index contributed by atoms with van der Waals surface area (Å²) in [5.41, 5.74) is 0. The van der Waals surface area contributed by atoms with Gasteiger partial charge in [0.25, 0.3) is 0 Å². The van der Waals surface area contributed by atoms with Crippen LogP contribution in [0.1, 0.15) is 239 Å². The van der Waals surface area contributed by atoms with Crippen molar-refractivity contribution in [1.82, 2.24) is 0 Å². The Labute approximate surface area is 412 Å². The summed E-state index contributed by atoms with van der Waals surface area (Å²) in [5, 5.41) is 0. The highest BCUT2D eigenvalue weighted by Crippen LogP contribution is 2.13. The van der Waals surface area contributed by atoms with Crippen molar-refractivity contribution in [1.29, 1.82) is 0 Å². The number of hydrogen-bond acceptors (Lipinski definition) is 6. The Morgan fingerprint density at radius 2 is 0.612 bits per heavy atom. The van der Waals surface area contributed by atoms with Gasteiger partial charge in [0.05, 0.1) is 0 Å². The quantitative estimate of drug-likeness (QED) is 0.0262. The van der Waals surface area contributed by atoms with Gasteiger partial charge in [-0.1, -0.05) is 214 Å². The molecule has 0 aromatic heterocycles. The fourth-order valence-corrected chi connectivity index (χ4v) is 7.14. The number of hydrogen-bond donors (Lipinski definition) is 0. The van der Waals surface area contributed by atoms with Gasteiger partial charge in [0.15, 0.2) is 6.10 Å². The fourth-order valence-electron chi connectivity index (χ4n) is 7.14. The maximum atomic E-state index is 12.8. The lowest BCUT2D eigenvalue weighted by atomic mass is 10.1. The zero-order valence-corrected chi connectivity index (χ0v) is 43.4. The fraction of sp³-hybridized carbons (Fsp3) is 0.656. The number of rotatable bonds is 48. The number of unbranched alkanes of at least 4 members (excludes halogenated alkanes) is 19. The first kappa shape index (κ1) is 63.1. The van der Waals surface area contributed by atoms with E-state index >= 15 is 0 Å². The van der Waals surface area contributed by atoms with Crippen molar-refractivity contribution >= 4 is 17.9 Å². The SMILES string of the molecule is CC/C=C\C/C=C\C/C=C\CCCCCCCC(=O)O[C@H](COC(=O)CC/C=C\C/C=C\C/C=C\C/C=C\C/C=C\CCCCC)COC(=O)CCCCCCCCC/C=C\CCCCCC. The van der Waals surface area contributed by atoms with E-state index in [-0.39, 0.29) is 44.0 Å². The van der Waals surface area contributed by atoms with Crippen LogP contribution in [0, 0.1) is 0 Å². The summed E-state index contributed by atoms with van der Waals surface area (Å²) in [5.74, 6) is -1.02. The van der Waals surface area contributed by atoms with Crippen LogP contribution < -0.4 is 0 Å². The number of carbonyl (C=O) groups excluding carboxylic acids is 3. The van der Waals surface area contributed by atoms with Crippen molar-refractivity contribution in [3.05, 3.63) is 109 Å². The molecule has 0 aromatic rings. The zero-order chi connectivity index (χ0) is 48.6. The smallest absolute Gasteiger partial charge is 0.306 e. The van der Waals surface area contributed by atoms with Crippen molar-refractivity contribution in [2.75, 3.05) is 13.2 Å². The minimum atomic E-state index is -0.821. The Morgan fingerprint density at radius 1 is 0.313 bits per heavy atom. The molecule has 0 saturated carbocycles. The minimum absolute atomic E-state index is 0.112. The van der Waals surface area contributed by atoms with Gasteiger partial charge in [-0.15, -0.1) is 0 Å². The molecule has 0 fully saturated rings. The van der Waals surface area contributed by atoms with Crippen molar-refractivity contribution in [3.8, 4) is 0 Å². The Morgan fingerprint density at radius 3 is 1.04 bits per heavy atom. The predicted octanol–water partition coefficient (Wildman–Crippen LogP) is 18.3. The van der Waals surface area contributed by atoms with Crippen LogP contribution in [0.4, 0.5) is 0 Å². The average molecular weight is 929 g/mol. The number of ether oxygens (including phenoxy) is 3. The Kier molecular flexibility index (Phi) is 51.5. The summed E-state index contributed by atoms with van der Waals surface area (Å²) in [6.07, 6.45) is 73.7. The van der Waals surface area contributed by atoms with Crippen molar-refractivity contribution in [2.45, 2.75) is 245 Å². The summed E-state index contributed by atoms with van der Waals surface area (Å²) >= 11 is 0. The molecule has 0 amide bonds. The van der Waals surface area contributed by atoms with E-state index in [0.717, 1.165) is 103 Å². The summed E-state index contributed by atoms with van der Waals surface area (Å²) in [6, 6.07) is 0. The van der Waals surface area contributed by atoms with E-state index in [1.165, 1.54) is 89.9 Å². The standard InChI is InChI=1S/C61H100O6/c1-4-7-10-13-16-19-22-25-28-29-30-31-34-36-39-42-45-48-51-54-60(63)66-57-58(67-61(64)55-52-49-46-43-40-37-33-27-24-21-18-15-12-9-6-3)56-65-59(62)53-50-47-44-41-38-35-32-26-23-20-17-14-11-8-5-2/h9,12,16,18-21,23,25,27-28,30-31,33,36,39,45,48,58H,4-8,10-11,13-15,17,22,24,26,29,32,34-35,37-38,40-44,46-47,49-57H2,1-3H3/b12-9-,19-16-,21-18-,23-20-,28-25-,31-30-,33-27-,39-36-,48-45-/t58-/m0/s1. The molecule has 0 unspecified atom stereocenters. The second kappa shape index (κ2) is 54.7. The summed E-state index contributed by atoms with van der Waals surface area (Å²) in [4.78, 5) is 38.0. The van der Waals surface area contributed by atoms with Crippen LogP contribution in [0.2, 0.25) is 0 Å². The molecule has 0 N–H and O–H groups in total. The molecule has 6 nitrogen and oxygen atoms in total. The zero-order valence-electron chi connectivity index (χ0n) is 43.4. The van der Waals surface area contributed by atoms with Gasteiger partial charge >= 0.3 is 17.9 Å². The van der Waals surface area contributed by atoms with E-state index in [2.05, 4.69) is 124 Å². The molecule has 0 aliphatic carbocycles. The third-order valence-corrected chi connectivity index (χ3v) is 11.2. The maximum Gasteiger partial charge on any atom is 0.306 e. The van der Waals surface area contributed by atoms with Gasteiger partial charge in [0.1, 0.15) is 13.2 Å². The minimum Gasteiger partial charge on any atom is -0.462 e. The van der Waals surface area contributed by atoms with E-state index in [1.807, 2.05) is 6.08 Å². The number of esters is 3. The molecule has 0 rings (SSSR count). The van der Waals surface area contributed by atoms with Crippen molar-refractivity contribution in [2.24, 2.45) is 0 Å². The molecule has 0 spiro atoms. The molecule has 0 heterocycles. The van der Waals surface area contributed by atoms with Crippen LogP contribution in [-0.4, -0.2) is 37.2 Å². The summed E-state index contributed by atoms with van der Waals surface area (Å²) < 4.78 is 16.7. The molecule has 0 saturated heterocycles. The van der Waals surface area contributed by atoms with Crippen LogP contribution in [-0.2, 0) is 28.6 Å². The molecular weight excluding hydrogens is 829 g/mol. The molecule has 67 heavy (non-hydrogen) atoms. The maximum absolute atomic E-state index is 12.8. The molecule has 0 aromatic carbocycles. The van der Waals surface area contributed by atoms with Crippen LogP contribution >= 0.6 is 0 Å². The Bertz CT molecular complexity index is 1390. The van der Waals surface area contributed by atoms with E-state index in [4.69, 9.17) is 14.2 Å². The molecular formula is C61H100O6. The largest absolute Gasteiger partial charge is 0.462 e. The third-order valence-electron chi connectivity index (χ3n) is 11.2. The predicted molar refractivity (Wildman–Crippen MR) is 288 cm³/mol. The van der Waals surface area contributed by atoms with Gasteiger partial charge in [-0.05, 0) is 116 Å². The van der Waals surface area contributed by atoms with Gasteiger partial charge in [-0.2, -0.15) is 0 Å². The number of allylic oxidation sites excluding steroid dienone is 18. The normalized spacial score (nSPS) is 12.9. The lowest BCUT2D eigenvalue weighted by molar-refractivity contribution is -0.166. The van der Waals surface area contributed by atoms with E-state index in [0.29, 0.717) is 12.8 Å². The molecule has 1 atom stereocenters.